The van der Waals surface area contributed by atoms with Gasteiger partial charge in [0.05, 0.1) is 12.7 Å². The Bertz CT molecular complexity index is 742. The number of benzene rings is 2. The minimum Gasteiger partial charge on any atom is -0.493 e. The van der Waals surface area contributed by atoms with Gasteiger partial charge in [-0.2, -0.15) is 0 Å². The van der Waals surface area contributed by atoms with Crippen molar-refractivity contribution in [1.29, 1.82) is 0 Å². The molecule has 0 aliphatic carbocycles. The molecule has 2 aromatic carbocycles. The third kappa shape index (κ3) is 2.99. The van der Waals surface area contributed by atoms with Gasteiger partial charge in [-0.1, -0.05) is 24.8 Å². The highest BCUT2D eigenvalue weighted by Crippen LogP contribution is 2.34. The van der Waals surface area contributed by atoms with Gasteiger partial charge in [-0.25, -0.2) is 0 Å². The Balaban J connectivity index is 1.88. The first-order chi connectivity index (χ1) is 11.2. The molecule has 23 heavy (non-hydrogen) atoms. The van der Waals surface area contributed by atoms with Gasteiger partial charge in [0.15, 0.2) is 17.7 Å². The number of carbonyl (C=O) groups excluding carboxylic acids is 1. The van der Waals surface area contributed by atoms with Gasteiger partial charge in [0.25, 0.3) is 5.91 Å². The lowest BCUT2D eigenvalue weighted by Gasteiger charge is -2.27. The minimum absolute atomic E-state index is 0.164. The maximum atomic E-state index is 12.2. The Morgan fingerprint density at radius 1 is 1.26 bits per heavy atom. The Kier molecular flexibility index (Phi) is 4.19. The van der Waals surface area contributed by atoms with Crippen LogP contribution in [0.15, 0.2) is 55.1 Å². The monoisotopic (exact) mass is 311 g/mol. The molecule has 0 fully saturated rings. The van der Waals surface area contributed by atoms with Crippen LogP contribution in [0.25, 0.3) is 0 Å². The predicted octanol–water partition coefficient (Wildman–Crippen LogP) is 3.08. The van der Waals surface area contributed by atoms with E-state index in [0.29, 0.717) is 29.4 Å². The van der Waals surface area contributed by atoms with Crippen LogP contribution in [-0.2, 0) is 0 Å². The van der Waals surface area contributed by atoms with Crippen LogP contribution in [0, 0.1) is 0 Å². The van der Waals surface area contributed by atoms with Crippen LogP contribution in [-0.4, -0.2) is 19.6 Å². The maximum absolute atomic E-state index is 12.2. The molecule has 1 amide bonds. The molecule has 1 aliphatic heterocycles. The second-order valence-electron chi connectivity index (χ2n) is 4.98. The first-order valence-electron chi connectivity index (χ1n) is 7.21. The van der Waals surface area contributed by atoms with E-state index in [2.05, 4.69) is 11.9 Å². The van der Waals surface area contributed by atoms with Crippen LogP contribution in [0.2, 0.25) is 0 Å². The van der Waals surface area contributed by atoms with E-state index in [0.717, 1.165) is 5.56 Å². The van der Waals surface area contributed by atoms with Crippen molar-refractivity contribution >= 4 is 5.91 Å². The average Bonchev–Trinajstić information content (AvgIpc) is 2.59. The normalized spacial score (nSPS) is 15.9. The standard InChI is InChI=1S/C18H17NO4/c1-3-10-22-15-9-8-12(11-16(15)21-2)18-19-17(20)13-6-4-5-7-14(13)23-18/h3-9,11,18H,1,10H2,2H3,(H,19,20)/t18-/m0/s1. The molecule has 0 bridgehead atoms. The van der Waals surface area contributed by atoms with E-state index >= 15 is 0 Å². The van der Waals surface area contributed by atoms with Crippen molar-refractivity contribution in [2.45, 2.75) is 6.23 Å². The Morgan fingerprint density at radius 2 is 2.09 bits per heavy atom. The van der Waals surface area contributed by atoms with Crippen molar-refractivity contribution in [1.82, 2.24) is 5.32 Å². The number of fused-ring (bicyclic) bond motifs is 1. The number of hydrogen-bond acceptors (Lipinski definition) is 4. The van der Waals surface area contributed by atoms with Crippen molar-refractivity contribution in [3.8, 4) is 17.2 Å². The van der Waals surface area contributed by atoms with Crippen LogP contribution in [0.5, 0.6) is 17.2 Å². The van der Waals surface area contributed by atoms with Gasteiger partial charge in [0.2, 0.25) is 0 Å². The van der Waals surface area contributed by atoms with Crippen molar-refractivity contribution in [3.63, 3.8) is 0 Å². The number of ether oxygens (including phenoxy) is 3. The van der Waals surface area contributed by atoms with E-state index in [1.165, 1.54) is 0 Å². The summed E-state index contributed by atoms with van der Waals surface area (Å²) in [5.41, 5.74) is 1.30. The molecule has 0 spiro atoms. The Labute approximate surface area is 134 Å². The number of nitrogens with one attached hydrogen (secondary N) is 1. The van der Waals surface area contributed by atoms with Crippen LogP contribution in [0.1, 0.15) is 22.1 Å². The molecule has 1 heterocycles. The van der Waals surface area contributed by atoms with Crippen LogP contribution in [0.4, 0.5) is 0 Å². The molecule has 0 radical (unpaired) electrons. The molecule has 2 aromatic rings. The zero-order valence-corrected chi connectivity index (χ0v) is 12.7. The summed E-state index contributed by atoms with van der Waals surface area (Å²) >= 11 is 0. The lowest BCUT2D eigenvalue weighted by molar-refractivity contribution is 0.0755. The van der Waals surface area contributed by atoms with E-state index in [-0.39, 0.29) is 5.91 Å². The lowest BCUT2D eigenvalue weighted by Crippen LogP contribution is -2.36. The SMILES string of the molecule is C=CCOc1ccc([C@H]2NC(=O)c3ccccc3O2)cc1OC. The van der Waals surface area contributed by atoms with Gasteiger partial charge >= 0.3 is 0 Å². The third-order valence-electron chi connectivity index (χ3n) is 3.49. The van der Waals surface area contributed by atoms with E-state index < -0.39 is 6.23 Å². The number of hydrogen-bond donors (Lipinski definition) is 1. The summed E-state index contributed by atoms with van der Waals surface area (Å²) in [7, 11) is 1.56. The highest BCUT2D eigenvalue weighted by Gasteiger charge is 2.26. The molecule has 0 saturated carbocycles. The first-order valence-corrected chi connectivity index (χ1v) is 7.21. The summed E-state index contributed by atoms with van der Waals surface area (Å²) in [5, 5.41) is 2.83. The first kappa shape index (κ1) is 15.0. The fraction of sp³-hybridized carbons (Fsp3) is 0.167. The summed E-state index contributed by atoms with van der Waals surface area (Å²) < 4.78 is 16.7. The Hall–Kier alpha value is -2.95. The number of methoxy groups -OCH3 is 1. The molecule has 3 rings (SSSR count). The summed E-state index contributed by atoms with van der Waals surface area (Å²) in [6.07, 6.45) is 1.09. The lowest BCUT2D eigenvalue weighted by atomic mass is 10.1. The second-order valence-corrected chi connectivity index (χ2v) is 4.98. The fourth-order valence-electron chi connectivity index (χ4n) is 2.38. The Morgan fingerprint density at radius 3 is 2.87 bits per heavy atom. The van der Waals surface area contributed by atoms with Gasteiger partial charge in [0, 0.05) is 5.56 Å². The molecule has 1 aliphatic rings. The molecular weight excluding hydrogens is 294 g/mol. The number of amides is 1. The molecule has 0 unspecified atom stereocenters. The smallest absolute Gasteiger partial charge is 0.258 e. The highest BCUT2D eigenvalue weighted by molar-refractivity contribution is 5.98. The minimum atomic E-state index is -0.570. The van der Waals surface area contributed by atoms with Gasteiger partial charge < -0.3 is 19.5 Å². The number of rotatable bonds is 5. The predicted molar refractivity (Wildman–Crippen MR) is 86.0 cm³/mol. The number of para-hydroxylation sites is 1. The second kappa shape index (κ2) is 6.44. The van der Waals surface area contributed by atoms with E-state index in [4.69, 9.17) is 14.2 Å². The largest absolute Gasteiger partial charge is 0.493 e. The van der Waals surface area contributed by atoms with E-state index in [9.17, 15) is 4.79 Å². The molecule has 0 saturated heterocycles. The molecule has 1 N–H and O–H groups in total. The summed E-state index contributed by atoms with van der Waals surface area (Å²) in [6.45, 7) is 4.01. The molecule has 5 nitrogen and oxygen atoms in total. The average molecular weight is 311 g/mol. The molecule has 118 valence electrons. The summed E-state index contributed by atoms with van der Waals surface area (Å²) in [6, 6.07) is 12.6. The summed E-state index contributed by atoms with van der Waals surface area (Å²) in [4.78, 5) is 12.2. The summed E-state index contributed by atoms with van der Waals surface area (Å²) in [5.74, 6) is 1.58. The van der Waals surface area contributed by atoms with Gasteiger partial charge in [-0.05, 0) is 30.3 Å². The molecule has 5 heteroatoms. The highest BCUT2D eigenvalue weighted by atomic mass is 16.5. The van der Waals surface area contributed by atoms with Crippen LogP contribution < -0.4 is 19.5 Å². The molecule has 1 atom stereocenters. The number of carbonyl (C=O) groups is 1. The van der Waals surface area contributed by atoms with Crippen molar-refractivity contribution < 1.29 is 19.0 Å². The van der Waals surface area contributed by atoms with Crippen molar-refractivity contribution in [2.24, 2.45) is 0 Å². The molecular formula is C18H17NO4. The van der Waals surface area contributed by atoms with E-state index in [1.807, 2.05) is 12.1 Å². The van der Waals surface area contributed by atoms with E-state index in [1.54, 1.807) is 43.5 Å². The third-order valence-corrected chi connectivity index (χ3v) is 3.49. The van der Waals surface area contributed by atoms with Gasteiger partial charge in [-0.15, -0.1) is 0 Å². The fourth-order valence-corrected chi connectivity index (χ4v) is 2.38. The van der Waals surface area contributed by atoms with Crippen molar-refractivity contribution in [2.75, 3.05) is 13.7 Å². The van der Waals surface area contributed by atoms with Crippen LogP contribution in [0.3, 0.4) is 0 Å². The molecule has 0 aromatic heterocycles. The maximum Gasteiger partial charge on any atom is 0.258 e. The topological polar surface area (TPSA) is 56.8 Å². The van der Waals surface area contributed by atoms with Gasteiger partial charge in [0.1, 0.15) is 12.4 Å². The van der Waals surface area contributed by atoms with Crippen molar-refractivity contribution in [3.05, 3.63) is 66.2 Å². The van der Waals surface area contributed by atoms with Gasteiger partial charge in [-0.3, -0.25) is 4.79 Å². The zero-order chi connectivity index (χ0) is 16.2. The quantitative estimate of drug-likeness (QED) is 0.862. The zero-order valence-electron chi connectivity index (χ0n) is 12.7. The van der Waals surface area contributed by atoms with Crippen LogP contribution >= 0.6 is 0 Å².